The molecule has 0 heterocycles. The van der Waals surface area contributed by atoms with Crippen LogP contribution < -0.4 is 4.74 Å². The van der Waals surface area contributed by atoms with Gasteiger partial charge in [0.15, 0.2) is 0 Å². The summed E-state index contributed by atoms with van der Waals surface area (Å²) < 4.78 is 10.0. The molecule has 1 unspecified atom stereocenters. The topological polar surface area (TPSA) is 55.8 Å². The molecule has 1 rings (SSSR count). The van der Waals surface area contributed by atoms with E-state index in [-0.39, 0.29) is 17.8 Å². The van der Waals surface area contributed by atoms with Crippen LogP contribution in [0.3, 0.4) is 0 Å². The first kappa shape index (κ1) is 17.8. The number of rotatable bonds is 7. The third-order valence-corrected chi connectivity index (χ3v) is 3.14. The van der Waals surface area contributed by atoms with Crippen LogP contribution in [0.5, 0.6) is 5.75 Å². The molecule has 120 valence electrons. The summed E-state index contributed by atoms with van der Waals surface area (Å²) in [6.45, 7) is 4.60. The van der Waals surface area contributed by atoms with Crippen molar-refractivity contribution in [1.29, 1.82) is 0 Å². The summed E-state index contributed by atoms with van der Waals surface area (Å²) in [6.07, 6.45) is 3.22. The molecule has 0 saturated heterocycles. The first-order chi connectivity index (χ1) is 10.5. The summed E-state index contributed by atoms with van der Waals surface area (Å²) in [4.78, 5) is 24.8. The van der Waals surface area contributed by atoms with Crippen LogP contribution in [0.15, 0.2) is 30.3 Å². The van der Waals surface area contributed by atoms with Gasteiger partial charge in [0.2, 0.25) is 5.91 Å². The van der Waals surface area contributed by atoms with E-state index in [0.29, 0.717) is 13.2 Å². The third-order valence-electron chi connectivity index (χ3n) is 3.14. The summed E-state index contributed by atoms with van der Waals surface area (Å²) in [7, 11) is 3.00. The van der Waals surface area contributed by atoms with Crippen LogP contribution in [0.2, 0.25) is 0 Å². The first-order valence-electron chi connectivity index (χ1n) is 7.21. The van der Waals surface area contributed by atoms with Gasteiger partial charge in [-0.15, -0.1) is 0 Å². The Morgan fingerprint density at radius 1 is 1.27 bits per heavy atom. The Kier molecular flexibility index (Phi) is 7.16. The SMILES string of the molecule is CCOc1ccc(/C=C/C(=O)N(C)CC(C)C(=O)OC)cc1. The molecule has 1 aromatic rings. The van der Waals surface area contributed by atoms with Crippen LogP contribution in [0.4, 0.5) is 0 Å². The van der Waals surface area contributed by atoms with Crippen LogP contribution in [0.1, 0.15) is 19.4 Å². The number of carbonyl (C=O) groups excluding carboxylic acids is 2. The van der Waals surface area contributed by atoms with Crippen molar-refractivity contribution in [3.8, 4) is 5.75 Å². The molecular weight excluding hydrogens is 282 g/mol. The molecule has 0 radical (unpaired) electrons. The summed E-state index contributed by atoms with van der Waals surface area (Å²) in [5.41, 5.74) is 0.909. The molecule has 22 heavy (non-hydrogen) atoms. The minimum atomic E-state index is -0.349. The van der Waals surface area contributed by atoms with E-state index in [1.54, 1.807) is 20.0 Å². The van der Waals surface area contributed by atoms with Crippen LogP contribution >= 0.6 is 0 Å². The fraction of sp³-hybridized carbons (Fsp3) is 0.412. The lowest BCUT2D eigenvalue weighted by atomic mass is 10.1. The largest absolute Gasteiger partial charge is 0.494 e. The number of hydrogen-bond donors (Lipinski definition) is 0. The molecule has 1 amide bonds. The Morgan fingerprint density at radius 2 is 1.91 bits per heavy atom. The van der Waals surface area contributed by atoms with Gasteiger partial charge in [-0.3, -0.25) is 9.59 Å². The lowest BCUT2D eigenvalue weighted by molar-refractivity contribution is -0.145. The second kappa shape index (κ2) is 8.87. The number of ether oxygens (including phenoxy) is 2. The van der Waals surface area contributed by atoms with Gasteiger partial charge >= 0.3 is 5.97 Å². The van der Waals surface area contributed by atoms with Crippen molar-refractivity contribution in [1.82, 2.24) is 4.90 Å². The van der Waals surface area contributed by atoms with E-state index >= 15 is 0 Å². The lowest BCUT2D eigenvalue weighted by Crippen LogP contribution is -2.33. The molecule has 0 N–H and O–H groups in total. The Balaban J connectivity index is 2.57. The van der Waals surface area contributed by atoms with Crippen LogP contribution in [-0.4, -0.2) is 44.1 Å². The van der Waals surface area contributed by atoms with Crippen molar-refractivity contribution in [3.05, 3.63) is 35.9 Å². The second-order valence-electron chi connectivity index (χ2n) is 4.98. The van der Waals surface area contributed by atoms with E-state index in [2.05, 4.69) is 4.74 Å². The quantitative estimate of drug-likeness (QED) is 0.573. The first-order valence-corrected chi connectivity index (χ1v) is 7.21. The van der Waals surface area contributed by atoms with Crippen molar-refractivity contribution in [2.24, 2.45) is 5.92 Å². The van der Waals surface area contributed by atoms with Crippen molar-refractivity contribution < 1.29 is 19.1 Å². The standard InChI is InChI=1S/C17H23NO4/c1-5-22-15-9-6-14(7-10-15)8-11-16(19)18(3)12-13(2)17(20)21-4/h6-11,13H,5,12H2,1-4H3/b11-8+. The fourth-order valence-corrected chi connectivity index (χ4v) is 1.91. The maximum Gasteiger partial charge on any atom is 0.310 e. The zero-order chi connectivity index (χ0) is 16.5. The van der Waals surface area contributed by atoms with Gasteiger partial charge in [0, 0.05) is 19.7 Å². The molecule has 0 bridgehead atoms. The second-order valence-corrected chi connectivity index (χ2v) is 4.98. The van der Waals surface area contributed by atoms with Crippen molar-refractivity contribution >= 4 is 18.0 Å². The van der Waals surface area contributed by atoms with Crippen LogP contribution in [0, 0.1) is 5.92 Å². The van der Waals surface area contributed by atoms with Gasteiger partial charge in [0.1, 0.15) is 5.75 Å². The highest BCUT2D eigenvalue weighted by Gasteiger charge is 2.17. The van der Waals surface area contributed by atoms with Crippen molar-refractivity contribution in [2.75, 3.05) is 27.3 Å². The van der Waals surface area contributed by atoms with Gasteiger partial charge in [-0.2, -0.15) is 0 Å². The maximum absolute atomic E-state index is 12.0. The fourth-order valence-electron chi connectivity index (χ4n) is 1.91. The number of esters is 1. The number of amides is 1. The van der Waals surface area contributed by atoms with Gasteiger partial charge < -0.3 is 14.4 Å². The van der Waals surface area contributed by atoms with Gasteiger partial charge in [0.05, 0.1) is 19.6 Å². The van der Waals surface area contributed by atoms with Crippen LogP contribution in [-0.2, 0) is 14.3 Å². The Labute approximate surface area is 131 Å². The molecule has 5 nitrogen and oxygen atoms in total. The van der Waals surface area contributed by atoms with Crippen LogP contribution in [0.25, 0.3) is 6.08 Å². The molecule has 0 aliphatic rings. The minimum Gasteiger partial charge on any atom is -0.494 e. The molecule has 1 aromatic carbocycles. The lowest BCUT2D eigenvalue weighted by Gasteiger charge is -2.18. The monoisotopic (exact) mass is 305 g/mol. The Hall–Kier alpha value is -2.30. The maximum atomic E-state index is 12.0. The minimum absolute atomic E-state index is 0.162. The average Bonchev–Trinajstić information content (AvgIpc) is 2.53. The molecule has 0 spiro atoms. The predicted octanol–water partition coefficient (Wildman–Crippen LogP) is 2.37. The zero-order valence-corrected chi connectivity index (χ0v) is 13.5. The van der Waals surface area contributed by atoms with Crippen molar-refractivity contribution in [3.63, 3.8) is 0 Å². The number of methoxy groups -OCH3 is 1. The third kappa shape index (κ3) is 5.60. The predicted molar refractivity (Wildman–Crippen MR) is 85.5 cm³/mol. The van der Waals surface area contributed by atoms with E-state index in [0.717, 1.165) is 11.3 Å². The highest BCUT2D eigenvalue weighted by molar-refractivity contribution is 5.91. The number of carbonyl (C=O) groups is 2. The van der Waals surface area contributed by atoms with Gasteiger partial charge in [-0.05, 0) is 30.7 Å². The van der Waals surface area contributed by atoms with E-state index in [4.69, 9.17) is 4.74 Å². The summed E-state index contributed by atoms with van der Waals surface area (Å²) in [5, 5.41) is 0. The van der Waals surface area contributed by atoms with E-state index in [9.17, 15) is 9.59 Å². The molecule has 0 aliphatic carbocycles. The van der Waals surface area contributed by atoms with Gasteiger partial charge in [-0.25, -0.2) is 0 Å². The summed E-state index contributed by atoms with van der Waals surface area (Å²) >= 11 is 0. The number of likely N-dealkylation sites (N-methyl/N-ethyl adjacent to an activating group) is 1. The average molecular weight is 305 g/mol. The molecule has 1 atom stereocenters. The van der Waals surface area contributed by atoms with E-state index < -0.39 is 0 Å². The smallest absolute Gasteiger partial charge is 0.310 e. The van der Waals surface area contributed by atoms with Gasteiger partial charge in [-0.1, -0.05) is 19.1 Å². The molecule has 5 heteroatoms. The molecule has 0 aromatic heterocycles. The molecular formula is C17H23NO4. The van der Waals surface area contributed by atoms with E-state index in [1.807, 2.05) is 31.2 Å². The summed E-state index contributed by atoms with van der Waals surface area (Å²) in [5.74, 6) is -0.0346. The molecule has 0 fully saturated rings. The highest BCUT2D eigenvalue weighted by atomic mass is 16.5. The number of hydrogen-bond acceptors (Lipinski definition) is 4. The number of nitrogens with zero attached hydrogens (tertiary/aromatic N) is 1. The van der Waals surface area contributed by atoms with E-state index in [1.165, 1.54) is 18.1 Å². The van der Waals surface area contributed by atoms with Crippen molar-refractivity contribution in [2.45, 2.75) is 13.8 Å². The Bertz CT molecular complexity index is 522. The summed E-state index contributed by atoms with van der Waals surface area (Å²) in [6, 6.07) is 7.48. The molecule has 0 aliphatic heterocycles. The molecule has 0 saturated carbocycles. The normalized spacial score (nSPS) is 12.0. The highest BCUT2D eigenvalue weighted by Crippen LogP contribution is 2.13. The zero-order valence-electron chi connectivity index (χ0n) is 13.5. The Morgan fingerprint density at radius 3 is 2.45 bits per heavy atom. The number of benzene rings is 1. The van der Waals surface area contributed by atoms with Gasteiger partial charge in [0.25, 0.3) is 0 Å².